The second kappa shape index (κ2) is 5.78. The van der Waals surface area contributed by atoms with Gasteiger partial charge >= 0.3 is 0 Å². The summed E-state index contributed by atoms with van der Waals surface area (Å²) in [6.45, 7) is 4.84. The van der Waals surface area contributed by atoms with E-state index >= 15 is 0 Å². The van der Waals surface area contributed by atoms with Crippen LogP contribution in [-0.2, 0) is 0 Å². The van der Waals surface area contributed by atoms with Gasteiger partial charge in [-0.3, -0.25) is 0 Å². The summed E-state index contributed by atoms with van der Waals surface area (Å²) < 4.78 is 0. The zero-order chi connectivity index (χ0) is 15.9. The maximum Gasteiger partial charge on any atom is 0.152 e. The predicted molar refractivity (Wildman–Crippen MR) is 99.6 cm³/mol. The first-order valence-corrected chi connectivity index (χ1v) is 9.24. The number of anilines is 1. The number of rotatable bonds is 2. The van der Waals surface area contributed by atoms with Crippen molar-refractivity contribution in [1.82, 2.24) is 14.9 Å². The number of aromatic amines is 1. The molecule has 3 aromatic rings. The number of piperidine rings is 1. The fourth-order valence-corrected chi connectivity index (χ4v) is 4.55. The minimum atomic E-state index is 0.783. The normalized spacial score (nSPS) is 20.4. The molecular weight excluding hydrogens is 296 g/mol. The third-order valence-corrected chi connectivity index (χ3v) is 5.83. The molecule has 4 nitrogen and oxygen atoms in total. The highest BCUT2D eigenvalue weighted by atomic mass is 15.2. The first-order valence-electron chi connectivity index (χ1n) is 9.24. The number of nitrogens with zero attached hydrogens (tertiary/aromatic N) is 3. The largest absolute Gasteiger partial charge is 0.355 e. The Bertz CT molecular complexity index is 854. The Kier molecular flexibility index (Phi) is 3.44. The van der Waals surface area contributed by atoms with E-state index in [1.54, 1.807) is 0 Å². The summed E-state index contributed by atoms with van der Waals surface area (Å²) in [5.74, 6) is 1.13. The van der Waals surface area contributed by atoms with Crippen molar-refractivity contribution in [2.24, 2.45) is 0 Å². The van der Waals surface area contributed by atoms with Crippen LogP contribution in [0.4, 0.5) is 5.82 Å². The number of nitrogens with one attached hydrogen (secondary N) is 1. The molecule has 2 fully saturated rings. The van der Waals surface area contributed by atoms with Gasteiger partial charge in [0.15, 0.2) is 5.82 Å². The van der Waals surface area contributed by atoms with Gasteiger partial charge in [-0.15, -0.1) is 0 Å². The zero-order valence-corrected chi connectivity index (χ0v) is 14.0. The highest BCUT2D eigenvalue weighted by molar-refractivity contribution is 6.10. The van der Waals surface area contributed by atoms with E-state index in [9.17, 15) is 0 Å². The molecule has 2 aromatic heterocycles. The number of hydrogen-bond donors (Lipinski definition) is 1. The molecule has 0 saturated carbocycles. The molecule has 0 unspecified atom stereocenters. The molecule has 0 spiro atoms. The molecule has 4 heteroatoms. The van der Waals surface area contributed by atoms with Gasteiger partial charge in [0, 0.05) is 41.6 Å². The first kappa shape index (κ1) is 14.3. The van der Waals surface area contributed by atoms with Crippen molar-refractivity contribution in [3.63, 3.8) is 0 Å². The number of hydrogen-bond acceptors (Lipinski definition) is 3. The molecule has 0 aliphatic carbocycles. The van der Waals surface area contributed by atoms with Crippen LogP contribution >= 0.6 is 0 Å². The Morgan fingerprint density at radius 2 is 1.71 bits per heavy atom. The van der Waals surface area contributed by atoms with Crippen molar-refractivity contribution < 1.29 is 0 Å². The molecule has 0 radical (unpaired) electrons. The predicted octanol–water partition coefficient (Wildman–Crippen LogP) is 3.78. The summed E-state index contributed by atoms with van der Waals surface area (Å²) in [7, 11) is 0. The molecule has 5 rings (SSSR count). The van der Waals surface area contributed by atoms with E-state index in [0.29, 0.717) is 0 Å². The SMILES string of the molecule is c1ccc2c(c1)[nH]c1c(N3CCC(N4CCCC4)CC3)nccc12. The molecule has 4 heterocycles. The minimum absolute atomic E-state index is 0.783. The molecule has 2 aliphatic heterocycles. The number of H-pyrrole nitrogens is 1. The van der Waals surface area contributed by atoms with Crippen LogP contribution in [-0.4, -0.2) is 47.1 Å². The van der Waals surface area contributed by atoms with E-state index in [0.717, 1.165) is 24.9 Å². The Morgan fingerprint density at radius 3 is 2.54 bits per heavy atom. The van der Waals surface area contributed by atoms with Crippen molar-refractivity contribution in [3.05, 3.63) is 36.5 Å². The van der Waals surface area contributed by atoms with Crippen LogP contribution in [0.5, 0.6) is 0 Å². The van der Waals surface area contributed by atoms with E-state index in [2.05, 4.69) is 45.1 Å². The monoisotopic (exact) mass is 320 g/mol. The summed E-state index contributed by atoms with van der Waals surface area (Å²) in [5.41, 5.74) is 2.40. The summed E-state index contributed by atoms with van der Waals surface area (Å²) in [5, 5.41) is 2.58. The third-order valence-electron chi connectivity index (χ3n) is 5.83. The maximum atomic E-state index is 4.73. The second-order valence-electron chi connectivity index (χ2n) is 7.19. The van der Waals surface area contributed by atoms with Gasteiger partial charge in [-0.05, 0) is 50.9 Å². The van der Waals surface area contributed by atoms with E-state index in [1.807, 2.05) is 6.20 Å². The highest BCUT2D eigenvalue weighted by Gasteiger charge is 2.27. The van der Waals surface area contributed by atoms with Crippen molar-refractivity contribution in [1.29, 1.82) is 0 Å². The smallest absolute Gasteiger partial charge is 0.152 e. The molecule has 2 aliphatic rings. The number of para-hydroxylation sites is 1. The Hall–Kier alpha value is -2.07. The van der Waals surface area contributed by atoms with Crippen LogP contribution in [0.25, 0.3) is 21.8 Å². The van der Waals surface area contributed by atoms with E-state index in [1.165, 1.54) is 60.6 Å². The molecule has 2 saturated heterocycles. The van der Waals surface area contributed by atoms with E-state index in [4.69, 9.17) is 4.98 Å². The van der Waals surface area contributed by atoms with Crippen LogP contribution in [0, 0.1) is 0 Å². The third kappa shape index (κ3) is 2.28. The van der Waals surface area contributed by atoms with Gasteiger partial charge in [0.2, 0.25) is 0 Å². The fraction of sp³-hybridized carbons (Fsp3) is 0.450. The Balaban J connectivity index is 1.45. The summed E-state index contributed by atoms with van der Waals surface area (Å²) in [4.78, 5) is 13.5. The van der Waals surface area contributed by atoms with E-state index < -0.39 is 0 Å². The lowest BCUT2D eigenvalue weighted by Gasteiger charge is -2.37. The van der Waals surface area contributed by atoms with Crippen molar-refractivity contribution in [2.75, 3.05) is 31.1 Å². The quantitative estimate of drug-likeness (QED) is 0.780. The van der Waals surface area contributed by atoms with Crippen LogP contribution in [0.3, 0.4) is 0 Å². The summed E-state index contributed by atoms with van der Waals surface area (Å²) >= 11 is 0. The minimum Gasteiger partial charge on any atom is -0.355 e. The van der Waals surface area contributed by atoms with Gasteiger partial charge < -0.3 is 14.8 Å². The average molecular weight is 320 g/mol. The van der Waals surface area contributed by atoms with Crippen molar-refractivity contribution >= 4 is 27.6 Å². The first-order chi connectivity index (χ1) is 11.9. The average Bonchev–Trinajstić information content (AvgIpc) is 3.29. The maximum absolute atomic E-state index is 4.73. The van der Waals surface area contributed by atoms with E-state index in [-0.39, 0.29) is 0 Å². The van der Waals surface area contributed by atoms with Gasteiger partial charge in [-0.1, -0.05) is 18.2 Å². The van der Waals surface area contributed by atoms with Gasteiger partial charge in [0.1, 0.15) is 0 Å². The second-order valence-corrected chi connectivity index (χ2v) is 7.19. The highest BCUT2D eigenvalue weighted by Crippen LogP contribution is 2.32. The topological polar surface area (TPSA) is 35.2 Å². The lowest BCUT2D eigenvalue weighted by atomic mass is 10.0. The van der Waals surface area contributed by atoms with Crippen LogP contribution in [0.1, 0.15) is 25.7 Å². The fourth-order valence-electron chi connectivity index (χ4n) is 4.55. The number of pyridine rings is 1. The lowest BCUT2D eigenvalue weighted by Crippen LogP contribution is -2.44. The van der Waals surface area contributed by atoms with Gasteiger partial charge in [0.25, 0.3) is 0 Å². The summed E-state index contributed by atoms with van der Waals surface area (Å²) in [6.07, 6.45) is 7.26. The molecule has 0 amide bonds. The Morgan fingerprint density at radius 1 is 0.917 bits per heavy atom. The zero-order valence-electron chi connectivity index (χ0n) is 14.0. The van der Waals surface area contributed by atoms with Gasteiger partial charge in [0.05, 0.1) is 5.52 Å². The number of benzene rings is 1. The molecule has 1 N–H and O–H groups in total. The van der Waals surface area contributed by atoms with Gasteiger partial charge in [-0.25, -0.2) is 4.98 Å². The van der Waals surface area contributed by atoms with Crippen LogP contribution < -0.4 is 4.90 Å². The van der Waals surface area contributed by atoms with Gasteiger partial charge in [-0.2, -0.15) is 0 Å². The molecule has 1 aromatic carbocycles. The molecule has 124 valence electrons. The number of likely N-dealkylation sites (tertiary alicyclic amines) is 1. The molecular formula is C20H24N4. The molecule has 24 heavy (non-hydrogen) atoms. The number of fused-ring (bicyclic) bond motifs is 3. The number of aromatic nitrogens is 2. The summed E-state index contributed by atoms with van der Waals surface area (Å²) in [6, 6.07) is 11.5. The van der Waals surface area contributed by atoms with Crippen molar-refractivity contribution in [2.45, 2.75) is 31.7 Å². The standard InChI is InChI=1S/C20H24N4/c1-2-6-18-16(5-1)17-7-10-21-20(19(17)22-18)24-13-8-15(9-14-24)23-11-3-4-12-23/h1-2,5-7,10,15,22H,3-4,8-9,11-14H2. The lowest BCUT2D eigenvalue weighted by molar-refractivity contribution is 0.208. The van der Waals surface area contributed by atoms with Crippen molar-refractivity contribution in [3.8, 4) is 0 Å². The van der Waals surface area contributed by atoms with Crippen LogP contribution in [0.2, 0.25) is 0 Å². The molecule has 0 bridgehead atoms. The molecule has 0 atom stereocenters. The van der Waals surface area contributed by atoms with Crippen LogP contribution in [0.15, 0.2) is 36.5 Å². The Labute approximate surface area is 142 Å².